The minimum Gasteiger partial charge on any atom is -0.321 e. The Kier molecular flexibility index (Phi) is 2.31. The van der Waals surface area contributed by atoms with E-state index in [2.05, 4.69) is 15.2 Å². The lowest BCUT2D eigenvalue weighted by Crippen LogP contribution is -2.47. The van der Waals surface area contributed by atoms with Gasteiger partial charge in [0.1, 0.15) is 12.2 Å². The molecule has 0 spiro atoms. The van der Waals surface area contributed by atoms with E-state index in [1.54, 1.807) is 6.33 Å². The zero-order chi connectivity index (χ0) is 12.2. The monoisotopic (exact) mass is 246 g/mol. The van der Waals surface area contributed by atoms with Crippen molar-refractivity contribution in [1.82, 2.24) is 15.2 Å². The highest BCUT2D eigenvalue weighted by molar-refractivity contribution is 5.04. The third kappa shape index (κ3) is 1.69. The van der Waals surface area contributed by atoms with Crippen molar-refractivity contribution in [3.8, 4) is 0 Å². The molecule has 0 aliphatic heterocycles. The zero-order valence-electron chi connectivity index (χ0n) is 10.8. The molecule has 0 aromatic carbocycles. The quantitative estimate of drug-likeness (QED) is 0.860. The van der Waals surface area contributed by atoms with Gasteiger partial charge in [0.15, 0.2) is 0 Å². The van der Waals surface area contributed by atoms with E-state index in [4.69, 9.17) is 5.73 Å². The smallest absolute Gasteiger partial charge is 0.141 e. The van der Waals surface area contributed by atoms with Crippen molar-refractivity contribution in [3.63, 3.8) is 0 Å². The van der Waals surface area contributed by atoms with Crippen LogP contribution >= 0.6 is 0 Å². The van der Waals surface area contributed by atoms with Crippen LogP contribution in [0.25, 0.3) is 0 Å². The number of aromatic amines is 1. The maximum atomic E-state index is 6.33. The first-order valence-electron chi connectivity index (χ1n) is 7.33. The van der Waals surface area contributed by atoms with Gasteiger partial charge in [-0.3, -0.25) is 5.10 Å². The highest BCUT2D eigenvalue weighted by Gasteiger charge is 2.51. The van der Waals surface area contributed by atoms with Crippen LogP contribution in [0.15, 0.2) is 6.33 Å². The number of hydrogen-bond acceptors (Lipinski definition) is 3. The summed E-state index contributed by atoms with van der Waals surface area (Å²) in [6, 6.07) is 0.0451. The summed E-state index contributed by atoms with van der Waals surface area (Å²) in [5.41, 5.74) is 6.86. The summed E-state index contributed by atoms with van der Waals surface area (Å²) in [5.74, 6) is 3.86. The average molecular weight is 246 g/mol. The van der Waals surface area contributed by atoms with Crippen molar-refractivity contribution in [2.45, 2.75) is 51.0 Å². The molecule has 1 atom stereocenters. The van der Waals surface area contributed by atoms with Crippen LogP contribution in [0, 0.1) is 23.2 Å². The van der Waals surface area contributed by atoms with E-state index in [1.807, 2.05) is 0 Å². The van der Waals surface area contributed by atoms with Crippen LogP contribution < -0.4 is 5.73 Å². The summed E-state index contributed by atoms with van der Waals surface area (Å²) in [4.78, 5) is 4.22. The Labute approximate surface area is 108 Å². The van der Waals surface area contributed by atoms with Crippen LogP contribution in [-0.4, -0.2) is 15.2 Å². The largest absolute Gasteiger partial charge is 0.321 e. The lowest BCUT2D eigenvalue weighted by Gasteiger charge is -2.57. The van der Waals surface area contributed by atoms with Gasteiger partial charge in [-0.1, -0.05) is 0 Å². The van der Waals surface area contributed by atoms with Crippen molar-refractivity contribution < 1.29 is 0 Å². The number of nitrogens with zero attached hydrogens (tertiary/aromatic N) is 2. The van der Waals surface area contributed by atoms with Crippen LogP contribution in [0.3, 0.4) is 0 Å². The predicted molar refractivity (Wildman–Crippen MR) is 68.5 cm³/mol. The van der Waals surface area contributed by atoms with Gasteiger partial charge in [0.2, 0.25) is 0 Å². The lowest BCUT2D eigenvalue weighted by atomic mass is 9.48. The highest BCUT2D eigenvalue weighted by atomic mass is 15.2. The average Bonchev–Trinajstić information content (AvgIpc) is 2.79. The maximum Gasteiger partial charge on any atom is 0.141 e. The van der Waals surface area contributed by atoms with Gasteiger partial charge in [0.25, 0.3) is 0 Å². The first-order valence-corrected chi connectivity index (χ1v) is 7.33. The fraction of sp³-hybridized carbons (Fsp3) is 0.857. The maximum absolute atomic E-state index is 6.33. The number of nitrogens with one attached hydrogen (secondary N) is 1. The van der Waals surface area contributed by atoms with Crippen LogP contribution in [-0.2, 0) is 0 Å². The Morgan fingerprint density at radius 1 is 1.22 bits per heavy atom. The molecule has 0 saturated heterocycles. The second-order valence-corrected chi connectivity index (χ2v) is 7.10. The summed E-state index contributed by atoms with van der Waals surface area (Å²) in [5, 5.41) is 6.85. The normalized spacial score (nSPS) is 43.3. The van der Waals surface area contributed by atoms with Gasteiger partial charge in [-0.05, 0) is 68.1 Å². The first kappa shape index (κ1) is 11.0. The molecule has 5 rings (SSSR count). The third-order valence-electron chi connectivity index (χ3n) is 5.60. The van der Waals surface area contributed by atoms with Gasteiger partial charge in [0.05, 0.1) is 6.04 Å². The molecule has 18 heavy (non-hydrogen) atoms. The molecule has 1 unspecified atom stereocenters. The van der Waals surface area contributed by atoms with Crippen LogP contribution in [0.1, 0.15) is 56.8 Å². The number of H-pyrrole nitrogens is 1. The van der Waals surface area contributed by atoms with Crippen LogP contribution in [0.4, 0.5) is 0 Å². The molecule has 4 aliphatic rings. The highest BCUT2D eigenvalue weighted by Crippen LogP contribution is 2.62. The van der Waals surface area contributed by atoms with Gasteiger partial charge in [-0.25, -0.2) is 4.98 Å². The molecule has 4 aliphatic carbocycles. The lowest BCUT2D eigenvalue weighted by molar-refractivity contribution is -0.0608. The fourth-order valence-electron chi connectivity index (χ4n) is 5.50. The number of aromatic nitrogens is 3. The molecular weight excluding hydrogens is 224 g/mol. The molecule has 4 heteroatoms. The van der Waals surface area contributed by atoms with Crippen molar-refractivity contribution in [3.05, 3.63) is 12.2 Å². The minimum absolute atomic E-state index is 0.0451. The SMILES string of the molecule is NC(CC12CC3CC(CC(C3)C1)C2)c1ncn[nH]1. The molecule has 0 radical (unpaired) electrons. The van der Waals surface area contributed by atoms with Crippen molar-refractivity contribution in [2.24, 2.45) is 28.9 Å². The van der Waals surface area contributed by atoms with E-state index < -0.39 is 0 Å². The Balaban J connectivity index is 1.54. The Bertz CT molecular complexity index is 390. The minimum atomic E-state index is 0.0451. The second kappa shape index (κ2) is 3.80. The summed E-state index contributed by atoms with van der Waals surface area (Å²) < 4.78 is 0. The number of hydrogen-bond donors (Lipinski definition) is 2. The molecule has 3 N–H and O–H groups in total. The van der Waals surface area contributed by atoms with Gasteiger partial charge in [-0.15, -0.1) is 0 Å². The summed E-state index contributed by atoms with van der Waals surface area (Å²) in [6.45, 7) is 0. The molecule has 4 saturated carbocycles. The van der Waals surface area contributed by atoms with Crippen LogP contribution in [0.2, 0.25) is 0 Å². The molecule has 1 heterocycles. The third-order valence-corrected chi connectivity index (χ3v) is 5.60. The topological polar surface area (TPSA) is 67.6 Å². The van der Waals surface area contributed by atoms with Crippen molar-refractivity contribution >= 4 is 0 Å². The van der Waals surface area contributed by atoms with E-state index in [9.17, 15) is 0 Å². The number of rotatable bonds is 3. The van der Waals surface area contributed by atoms with Gasteiger partial charge in [0, 0.05) is 0 Å². The molecule has 98 valence electrons. The number of nitrogens with two attached hydrogens (primary N) is 1. The first-order chi connectivity index (χ1) is 8.72. The molecule has 4 bridgehead atoms. The van der Waals surface area contributed by atoms with Gasteiger partial charge < -0.3 is 5.73 Å². The molecule has 0 amide bonds. The summed E-state index contributed by atoms with van der Waals surface area (Å²) in [7, 11) is 0. The van der Waals surface area contributed by atoms with E-state index in [-0.39, 0.29) is 6.04 Å². The molecule has 1 aromatic heterocycles. The molecule has 4 nitrogen and oxygen atoms in total. The fourth-order valence-corrected chi connectivity index (χ4v) is 5.50. The molecule has 4 fully saturated rings. The standard InChI is InChI=1S/C14H22N4/c15-12(13-16-8-17-18-13)7-14-4-9-1-10(5-14)3-11(2-9)6-14/h8-12H,1-7,15H2,(H,16,17,18). The van der Waals surface area contributed by atoms with Crippen molar-refractivity contribution in [2.75, 3.05) is 0 Å². The summed E-state index contributed by atoms with van der Waals surface area (Å²) in [6.07, 6.45) is 11.4. The Morgan fingerprint density at radius 3 is 2.33 bits per heavy atom. The van der Waals surface area contributed by atoms with E-state index in [0.717, 1.165) is 30.0 Å². The van der Waals surface area contributed by atoms with Crippen molar-refractivity contribution in [1.29, 1.82) is 0 Å². The Morgan fingerprint density at radius 2 is 1.83 bits per heavy atom. The predicted octanol–water partition coefficient (Wildman–Crippen LogP) is 2.41. The van der Waals surface area contributed by atoms with Crippen LogP contribution in [0.5, 0.6) is 0 Å². The van der Waals surface area contributed by atoms with E-state index in [1.165, 1.54) is 38.5 Å². The van der Waals surface area contributed by atoms with E-state index >= 15 is 0 Å². The molecule has 1 aromatic rings. The summed E-state index contributed by atoms with van der Waals surface area (Å²) >= 11 is 0. The Hall–Kier alpha value is -0.900. The molecular formula is C14H22N4. The van der Waals surface area contributed by atoms with Gasteiger partial charge in [-0.2, -0.15) is 5.10 Å². The second-order valence-electron chi connectivity index (χ2n) is 7.10. The van der Waals surface area contributed by atoms with E-state index in [0.29, 0.717) is 5.41 Å². The van der Waals surface area contributed by atoms with Gasteiger partial charge >= 0.3 is 0 Å². The zero-order valence-corrected chi connectivity index (χ0v) is 10.8.